The van der Waals surface area contributed by atoms with Gasteiger partial charge in [-0.2, -0.15) is 0 Å². The molecule has 2 saturated heterocycles. The maximum absolute atomic E-state index is 3.56. The average Bonchev–Trinajstić information content (AvgIpc) is 2.27. The Morgan fingerprint density at radius 1 is 1.13 bits per heavy atom. The Bertz CT molecular complexity index is 193. The van der Waals surface area contributed by atoms with Gasteiger partial charge in [-0.1, -0.05) is 27.2 Å². The molecule has 0 saturated carbocycles. The van der Waals surface area contributed by atoms with Crippen molar-refractivity contribution in [2.45, 2.75) is 46.1 Å². The zero-order valence-electron chi connectivity index (χ0n) is 10.6. The van der Waals surface area contributed by atoms with E-state index in [4.69, 9.17) is 0 Å². The van der Waals surface area contributed by atoms with Crippen molar-refractivity contribution < 1.29 is 0 Å². The minimum atomic E-state index is 0.509. The Morgan fingerprint density at radius 3 is 2.53 bits per heavy atom. The lowest BCUT2D eigenvalue weighted by molar-refractivity contribution is -0.00788. The lowest BCUT2D eigenvalue weighted by atomic mass is 9.75. The zero-order valence-corrected chi connectivity index (χ0v) is 10.6. The van der Waals surface area contributed by atoms with Crippen LogP contribution in [0.1, 0.15) is 40.0 Å². The van der Waals surface area contributed by atoms with Crippen molar-refractivity contribution >= 4 is 0 Å². The first-order valence-corrected chi connectivity index (χ1v) is 6.52. The molecule has 88 valence electrons. The highest BCUT2D eigenvalue weighted by Crippen LogP contribution is 2.35. The van der Waals surface area contributed by atoms with E-state index in [1.807, 2.05) is 0 Å². The van der Waals surface area contributed by atoms with Crippen molar-refractivity contribution in [3.05, 3.63) is 0 Å². The van der Waals surface area contributed by atoms with Crippen LogP contribution in [0.4, 0.5) is 0 Å². The number of rotatable bonds is 1. The first-order chi connectivity index (χ1) is 7.07. The monoisotopic (exact) mass is 210 g/mol. The number of nitrogens with one attached hydrogen (secondary N) is 1. The third-order valence-corrected chi connectivity index (χ3v) is 4.17. The van der Waals surface area contributed by atoms with Gasteiger partial charge in [0, 0.05) is 25.7 Å². The molecule has 2 aliphatic heterocycles. The number of hydrogen-bond donors (Lipinski definition) is 1. The summed E-state index contributed by atoms with van der Waals surface area (Å²) in [5.41, 5.74) is 0.509. The van der Waals surface area contributed by atoms with E-state index in [2.05, 4.69) is 31.0 Å². The van der Waals surface area contributed by atoms with E-state index in [9.17, 15) is 0 Å². The fraction of sp³-hybridized carbons (Fsp3) is 1.00. The summed E-state index contributed by atoms with van der Waals surface area (Å²) >= 11 is 0. The van der Waals surface area contributed by atoms with Crippen LogP contribution in [0.2, 0.25) is 0 Å². The molecular formula is C13H26N2. The van der Waals surface area contributed by atoms with Gasteiger partial charge in [0.25, 0.3) is 0 Å². The second-order valence-electron chi connectivity index (χ2n) is 6.37. The van der Waals surface area contributed by atoms with E-state index in [1.165, 1.54) is 45.4 Å². The smallest absolute Gasteiger partial charge is 0.0220 e. The third kappa shape index (κ3) is 2.73. The summed E-state index contributed by atoms with van der Waals surface area (Å²) < 4.78 is 0. The van der Waals surface area contributed by atoms with Crippen molar-refractivity contribution in [1.29, 1.82) is 0 Å². The Kier molecular flexibility index (Phi) is 3.36. The minimum absolute atomic E-state index is 0.509. The Hall–Kier alpha value is -0.0800. The van der Waals surface area contributed by atoms with Gasteiger partial charge in [0.15, 0.2) is 0 Å². The third-order valence-electron chi connectivity index (χ3n) is 4.17. The van der Waals surface area contributed by atoms with E-state index in [0.29, 0.717) is 5.41 Å². The molecule has 0 aliphatic carbocycles. The fourth-order valence-corrected chi connectivity index (χ4v) is 2.67. The summed E-state index contributed by atoms with van der Waals surface area (Å²) in [6, 6.07) is 0.825. The van der Waals surface area contributed by atoms with Gasteiger partial charge < -0.3 is 5.32 Å². The van der Waals surface area contributed by atoms with E-state index in [1.54, 1.807) is 0 Å². The molecule has 15 heavy (non-hydrogen) atoms. The number of likely N-dealkylation sites (tertiary alicyclic amines) is 1. The topological polar surface area (TPSA) is 15.3 Å². The summed E-state index contributed by atoms with van der Waals surface area (Å²) in [7, 11) is 0. The van der Waals surface area contributed by atoms with Gasteiger partial charge in [-0.25, -0.2) is 0 Å². The number of hydrogen-bond acceptors (Lipinski definition) is 2. The van der Waals surface area contributed by atoms with Crippen LogP contribution in [0.15, 0.2) is 0 Å². The van der Waals surface area contributed by atoms with Crippen LogP contribution in [0.25, 0.3) is 0 Å². The molecule has 1 N–H and O–H groups in total. The summed E-state index contributed by atoms with van der Waals surface area (Å²) in [5, 5.41) is 3.56. The Labute approximate surface area is 94.4 Å². The van der Waals surface area contributed by atoms with Crippen molar-refractivity contribution in [2.75, 3.05) is 26.2 Å². The largest absolute Gasteiger partial charge is 0.315 e. The average molecular weight is 210 g/mol. The first kappa shape index (κ1) is 11.4. The highest BCUT2D eigenvalue weighted by molar-refractivity contribution is 4.92. The first-order valence-electron chi connectivity index (χ1n) is 6.52. The molecule has 2 aliphatic rings. The summed E-state index contributed by atoms with van der Waals surface area (Å²) in [6.07, 6.45) is 4.19. The normalized spacial score (nSPS) is 31.0. The lowest BCUT2D eigenvalue weighted by Crippen LogP contribution is -2.57. The standard InChI is InChI=1S/C13H26N2/c1-13(2,3)11-9-15(10-11)12-6-4-5-7-14-8-12/h11-12,14H,4-10H2,1-3H3. The highest BCUT2D eigenvalue weighted by atomic mass is 15.2. The summed E-state index contributed by atoms with van der Waals surface area (Å²) in [4.78, 5) is 2.69. The number of nitrogens with zero attached hydrogens (tertiary/aromatic N) is 1. The van der Waals surface area contributed by atoms with Gasteiger partial charge in [0.05, 0.1) is 0 Å². The van der Waals surface area contributed by atoms with Crippen LogP contribution in [0, 0.1) is 11.3 Å². The van der Waals surface area contributed by atoms with Crippen LogP contribution in [-0.2, 0) is 0 Å². The van der Waals surface area contributed by atoms with E-state index < -0.39 is 0 Å². The van der Waals surface area contributed by atoms with E-state index in [-0.39, 0.29) is 0 Å². The van der Waals surface area contributed by atoms with Gasteiger partial charge in [-0.3, -0.25) is 4.90 Å². The Balaban J connectivity index is 1.78. The fourth-order valence-electron chi connectivity index (χ4n) is 2.67. The molecule has 2 heterocycles. The van der Waals surface area contributed by atoms with Crippen LogP contribution in [0.5, 0.6) is 0 Å². The van der Waals surface area contributed by atoms with Gasteiger partial charge in [0.1, 0.15) is 0 Å². The lowest BCUT2D eigenvalue weighted by Gasteiger charge is -2.49. The summed E-state index contributed by atoms with van der Waals surface area (Å²) in [6.45, 7) is 12.2. The second kappa shape index (κ2) is 4.42. The molecule has 0 radical (unpaired) electrons. The van der Waals surface area contributed by atoms with Gasteiger partial charge in [0.2, 0.25) is 0 Å². The molecule has 2 rings (SSSR count). The maximum atomic E-state index is 3.56. The van der Waals surface area contributed by atoms with Crippen LogP contribution < -0.4 is 5.32 Å². The second-order valence-corrected chi connectivity index (χ2v) is 6.37. The molecule has 1 atom stereocenters. The molecule has 0 bridgehead atoms. The van der Waals surface area contributed by atoms with Crippen molar-refractivity contribution in [1.82, 2.24) is 10.2 Å². The van der Waals surface area contributed by atoms with Gasteiger partial charge in [-0.05, 0) is 30.7 Å². The summed E-state index contributed by atoms with van der Waals surface area (Å²) in [5.74, 6) is 0.917. The molecule has 0 spiro atoms. The molecule has 2 heteroatoms. The molecule has 0 aromatic carbocycles. The van der Waals surface area contributed by atoms with Crippen LogP contribution in [0.3, 0.4) is 0 Å². The van der Waals surface area contributed by atoms with E-state index >= 15 is 0 Å². The molecule has 0 aromatic rings. The van der Waals surface area contributed by atoms with Crippen LogP contribution >= 0.6 is 0 Å². The molecule has 0 amide bonds. The predicted octanol–water partition coefficient (Wildman–Crippen LogP) is 2.11. The zero-order chi connectivity index (χ0) is 10.9. The van der Waals surface area contributed by atoms with Gasteiger partial charge in [-0.15, -0.1) is 0 Å². The van der Waals surface area contributed by atoms with Crippen molar-refractivity contribution in [2.24, 2.45) is 11.3 Å². The van der Waals surface area contributed by atoms with E-state index in [0.717, 1.165) is 12.0 Å². The predicted molar refractivity (Wildman–Crippen MR) is 65.0 cm³/mol. The molecule has 1 unspecified atom stereocenters. The quantitative estimate of drug-likeness (QED) is 0.713. The van der Waals surface area contributed by atoms with Gasteiger partial charge >= 0.3 is 0 Å². The highest BCUT2D eigenvalue weighted by Gasteiger charge is 2.38. The SMILES string of the molecule is CC(C)(C)C1CN(C2CCCCNC2)C1. The maximum Gasteiger partial charge on any atom is 0.0220 e. The molecular weight excluding hydrogens is 184 g/mol. The molecule has 0 aromatic heterocycles. The van der Waals surface area contributed by atoms with Crippen LogP contribution in [-0.4, -0.2) is 37.1 Å². The van der Waals surface area contributed by atoms with Crippen molar-refractivity contribution in [3.63, 3.8) is 0 Å². The van der Waals surface area contributed by atoms with Crippen molar-refractivity contribution in [3.8, 4) is 0 Å². The Morgan fingerprint density at radius 2 is 1.87 bits per heavy atom. The molecule has 2 fully saturated rings. The molecule has 2 nitrogen and oxygen atoms in total. The minimum Gasteiger partial charge on any atom is -0.315 e.